The summed E-state index contributed by atoms with van der Waals surface area (Å²) < 4.78 is 0. The maximum atomic E-state index is 12.0. The van der Waals surface area contributed by atoms with Crippen LogP contribution in [0.4, 0.5) is 0 Å². The summed E-state index contributed by atoms with van der Waals surface area (Å²) in [6.45, 7) is 4.91. The molecule has 1 aliphatic rings. The van der Waals surface area contributed by atoms with Gasteiger partial charge in [0, 0.05) is 6.54 Å². The number of nitrogens with zero attached hydrogens (tertiary/aromatic N) is 1. The fraction of sp³-hybridized carbons (Fsp3) is 0.909. The molecule has 1 aliphatic heterocycles. The van der Waals surface area contributed by atoms with Crippen LogP contribution in [-0.2, 0) is 4.79 Å². The number of carbonyl (C=O) groups is 1. The smallest absolute Gasteiger partial charge is 0.240 e. The van der Waals surface area contributed by atoms with Crippen molar-refractivity contribution in [1.82, 2.24) is 10.2 Å². The zero-order valence-corrected chi connectivity index (χ0v) is 9.86. The zero-order valence-electron chi connectivity index (χ0n) is 9.86. The highest BCUT2D eigenvalue weighted by Crippen LogP contribution is 2.18. The molecule has 0 bridgehead atoms. The first kappa shape index (κ1) is 12.5. The van der Waals surface area contributed by atoms with Crippen LogP contribution < -0.4 is 5.32 Å². The van der Waals surface area contributed by atoms with Gasteiger partial charge < -0.3 is 15.3 Å². The minimum atomic E-state index is -0.0634. The Morgan fingerprint density at radius 1 is 1.60 bits per heavy atom. The SMILES string of the molecule is CNC1CCCN(C(CO)C(C)C)C1=O. The summed E-state index contributed by atoms with van der Waals surface area (Å²) in [7, 11) is 1.81. The van der Waals surface area contributed by atoms with Crippen LogP contribution in [-0.4, -0.2) is 48.2 Å². The van der Waals surface area contributed by atoms with E-state index in [0.717, 1.165) is 19.4 Å². The van der Waals surface area contributed by atoms with E-state index in [4.69, 9.17) is 0 Å². The van der Waals surface area contributed by atoms with E-state index in [1.165, 1.54) is 0 Å². The van der Waals surface area contributed by atoms with Crippen LogP contribution in [0.5, 0.6) is 0 Å². The second kappa shape index (κ2) is 5.47. The van der Waals surface area contributed by atoms with Crippen LogP contribution in [0, 0.1) is 5.92 Å². The number of likely N-dealkylation sites (N-methyl/N-ethyl adjacent to an activating group) is 1. The molecule has 2 atom stereocenters. The molecule has 1 amide bonds. The average molecular weight is 214 g/mol. The van der Waals surface area contributed by atoms with Gasteiger partial charge in [0.25, 0.3) is 0 Å². The monoisotopic (exact) mass is 214 g/mol. The van der Waals surface area contributed by atoms with E-state index in [2.05, 4.69) is 5.32 Å². The zero-order chi connectivity index (χ0) is 11.4. The Bertz CT molecular complexity index is 219. The number of piperidine rings is 1. The molecule has 0 aromatic rings. The molecule has 2 unspecified atom stereocenters. The van der Waals surface area contributed by atoms with Crippen LogP contribution >= 0.6 is 0 Å². The van der Waals surface area contributed by atoms with Gasteiger partial charge in [-0.05, 0) is 25.8 Å². The number of carbonyl (C=O) groups excluding carboxylic acids is 1. The summed E-state index contributed by atoms with van der Waals surface area (Å²) in [5.74, 6) is 0.436. The Morgan fingerprint density at radius 3 is 2.73 bits per heavy atom. The molecule has 15 heavy (non-hydrogen) atoms. The lowest BCUT2D eigenvalue weighted by molar-refractivity contribution is -0.140. The van der Waals surface area contributed by atoms with Gasteiger partial charge in [-0.15, -0.1) is 0 Å². The topological polar surface area (TPSA) is 52.6 Å². The minimum absolute atomic E-state index is 0.0337. The first-order valence-corrected chi connectivity index (χ1v) is 5.70. The van der Waals surface area contributed by atoms with Crippen LogP contribution in [0.2, 0.25) is 0 Å². The van der Waals surface area contributed by atoms with Gasteiger partial charge in [0.05, 0.1) is 18.7 Å². The first-order chi connectivity index (χ1) is 7.11. The van der Waals surface area contributed by atoms with Crippen molar-refractivity contribution < 1.29 is 9.90 Å². The quantitative estimate of drug-likeness (QED) is 0.703. The molecule has 0 aromatic carbocycles. The maximum absolute atomic E-state index is 12.0. The van der Waals surface area contributed by atoms with E-state index < -0.39 is 0 Å². The van der Waals surface area contributed by atoms with Gasteiger partial charge in [-0.3, -0.25) is 4.79 Å². The van der Waals surface area contributed by atoms with Gasteiger partial charge in [0.15, 0.2) is 0 Å². The highest BCUT2D eigenvalue weighted by Gasteiger charge is 2.33. The summed E-state index contributed by atoms with van der Waals surface area (Å²) >= 11 is 0. The van der Waals surface area contributed by atoms with Crippen LogP contribution in [0.15, 0.2) is 0 Å². The maximum Gasteiger partial charge on any atom is 0.240 e. The van der Waals surface area contributed by atoms with E-state index in [1.54, 1.807) is 0 Å². The summed E-state index contributed by atoms with van der Waals surface area (Å²) in [6, 6.07) is -0.0970. The molecule has 2 N–H and O–H groups in total. The van der Waals surface area contributed by atoms with E-state index in [9.17, 15) is 9.90 Å². The molecule has 1 rings (SSSR count). The third kappa shape index (κ3) is 2.69. The lowest BCUT2D eigenvalue weighted by atomic mass is 9.97. The fourth-order valence-electron chi connectivity index (χ4n) is 2.17. The first-order valence-electron chi connectivity index (χ1n) is 5.70. The lowest BCUT2D eigenvalue weighted by Gasteiger charge is -2.39. The van der Waals surface area contributed by atoms with Crippen LogP contribution in [0.25, 0.3) is 0 Å². The molecule has 0 spiro atoms. The lowest BCUT2D eigenvalue weighted by Crippen LogP contribution is -2.55. The number of amides is 1. The minimum Gasteiger partial charge on any atom is -0.394 e. The Kier molecular flexibility index (Phi) is 4.54. The highest BCUT2D eigenvalue weighted by molar-refractivity contribution is 5.82. The van der Waals surface area contributed by atoms with Gasteiger partial charge in [-0.1, -0.05) is 13.8 Å². The van der Waals surface area contributed by atoms with Gasteiger partial charge >= 0.3 is 0 Å². The molecule has 4 nitrogen and oxygen atoms in total. The van der Waals surface area contributed by atoms with Crippen molar-refractivity contribution >= 4 is 5.91 Å². The summed E-state index contributed by atoms with van der Waals surface area (Å²) in [5.41, 5.74) is 0. The third-order valence-corrected chi connectivity index (χ3v) is 3.18. The summed E-state index contributed by atoms with van der Waals surface area (Å²) in [6.07, 6.45) is 1.92. The van der Waals surface area contributed by atoms with Crippen LogP contribution in [0.3, 0.4) is 0 Å². The summed E-state index contributed by atoms with van der Waals surface area (Å²) in [5, 5.41) is 12.3. The predicted octanol–water partition coefficient (Wildman–Crippen LogP) is 0.214. The van der Waals surface area contributed by atoms with Crippen LogP contribution in [0.1, 0.15) is 26.7 Å². The van der Waals surface area contributed by atoms with E-state index in [-0.39, 0.29) is 24.6 Å². The molecule has 4 heteroatoms. The molecular formula is C11H22N2O2. The van der Waals surface area contributed by atoms with Gasteiger partial charge in [-0.2, -0.15) is 0 Å². The number of rotatable bonds is 4. The van der Waals surface area contributed by atoms with Crippen molar-refractivity contribution in [2.24, 2.45) is 5.92 Å². The third-order valence-electron chi connectivity index (χ3n) is 3.18. The Labute approximate surface area is 91.6 Å². The normalized spacial score (nSPS) is 24.7. The standard InChI is InChI=1S/C11H22N2O2/c1-8(2)10(7-14)13-6-4-5-9(12-3)11(13)15/h8-10,12,14H,4-7H2,1-3H3. The molecule has 0 aliphatic carbocycles. The molecule has 0 radical (unpaired) electrons. The molecule has 0 aromatic heterocycles. The molecule has 0 saturated carbocycles. The molecule has 1 saturated heterocycles. The van der Waals surface area contributed by atoms with E-state index in [0.29, 0.717) is 5.92 Å². The number of aliphatic hydroxyl groups excluding tert-OH is 1. The van der Waals surface area contributed by atoms with Crippen molar-refractivity contribution in [2.45, 2.75) is 38.8 Å². The van der Waals surface area contributed by atoms with Crippen molar-refractivity contribution in [3.63, 3.8) is 0 Å². The van der Waals surface area contributed by atoms with Crippen molar-refractivity contribution in [2.75, 3.05) is 20.2 Å². The number of nitrogens with one attached hydrogen (secondary N) is 1. The van der Waals surface area contributed by atoms with E-state index in [1.807, 2.05) is 25.8 Å². The second-order valence-corrected chi connectivity index (χ2v) is 4.51. The molecular weight excluding hydrogens is 192 g/mol. The average Bonchev–Trinajstić information content (AvgIpc) is 2.21. The Balaban J connectivity index is 2.70. The molecule has 88 valence electrons. The Hall–Kier alpha value is -0.610. The number of likely N-dealkylation sites (tertiary alicyclic amines) is 1. The van der Waals surface area contributed by atoms with Gasteiger partial charge in [-0.25, -0.2) is 0 Å². The summed E-state index contributed by atoms with van der Waals surface area (Å²) in [4.78, 5) is 13.8. The molecule has 1 fully saturated rings. The van der Waals surface area contributed by atoms with Gasteiger partial charge in [0.2, 0.25) is 5.91 Å². The Morgan fingerprint density at radius 2 is 2.27 bits per heavy atom. The van der Waals surface area contributed by atoms with Gasteiger partial charge in [0.1, 0.15) is 0 Å². The number of aliphatic hydroxyl groups is 1. The predicted molar refractivity (Wildman–Crippen MR) is 59.5 cm³/mol. The number of hydrogen-bond acceptors (Lipinski definition) is 3. The largest absolute Gasteiger partial charge is 0.394 e. The highest BCUT2D eigenvalue weighted by atomic mass is 16.3. The second-order valence-electron chi connectivity index (χ2n) is 4.51. The van der Waals surface area contributed by atoms with Crippen molar-refractivity contribution in [1.29, 1.82) is 0 Å². The molecule has 1 heterocycles. The fourth-order valence-corrected chi connectivity index (χ4v) is 2.17. The van der Waals surface area contributed by atoms with Crippen molar-refractivity contribution in [3.05, 3.63) is 0 Å². The van der Waals surface area contributed by atoms with Crippen molar-refractivity contribution in [3.8, 4) is 0 Å². The van der Waals surface area contributed by atoms with E-state index >= 15 is 0 Å². The number of hydrogen-bond donors (Lipinski definition) is 2.